The number of amides is 2. The fraction of sp³-hybridized carbons (Fsp3) is 0.200. The van der Waals surface area contributed by atoms with Crippen molar-refractivity contribution in [2.45, 2.75) is 13.1 Å². The van der Waals surface area contributed by atoms with Crippen LogP contribution in [0.2, 0.25) is 0 Å². The molecule has 1 atom stereocenters. The van der Waals surface area contributed by atoms with Crippen molar-refractivity contribution in [2.24, 2.45) is 0 Å². The van der Waals surface area contributed by atoms with Crippen LogP contribution in [0.5, 0.6) is 5.75 Å². The number of nitrogens with one attached hydrogen (secondary N) is 2. The smallest absolute Gasteiger partial charge is 0.276 e. The van der Waals surface area contributed by atoms with E-state index in [4.69, 9.17) is 4.74 Å². The maximum atomic E-state index is 13.4. The van der Waals surface area contributed by atoms with E-state index in [0.717, 1.165) is 21.3 Å². The van der Waals surface area contributed by atoms with Gasteiger partial charge in [0, 0.05) is 29.9 Å². The van der Waals surface area contributed by atoms with E-state index in [1.165, 1.54) is 5.01 Å². The van der Waals surface area contributed by atoms with Crippen LogP contribution in [0.3, 0.4) is 0 Å². The number of anilines is 2. The molecule has 3 aromatic rings. The Morgan fingerprint density at radius 1 is 1.12 bits per heavy atom. The lowest BCUT2D eigenvalue weighted by atomic mass is 10.0. The molecule has 0 aliphatic carbocycles. The summed E-state index contributed by atoms with van der Waals surface area (Å²) in [6.07, 6.45) is -0.579. The molecule has 7 nitrogen and oxygen atoms in total. The van der Waals surface area contributed by atoms with Crippen LogP contribution in [0, 0.1) is 6.92 Å². The summed E-state index contributed by atoms with van der Waals surface area (Å²) in [5.74, 6) is -0.112. The second-order valence-electron chi connectivity index (χ2n) is 7.99. The monoisotopic (exact) mass is 508 g/mol. The Morgan fingerprint density at radius 3 is 2.55 bits per heavy atom. The van der Waals surface area contributed by atoms with Gasteiger partial charge in [0.1, 0.15) is 11.9 Å². The molecule has 4 rings (SSSR count). The van der Waals surface area contributed by atoms with Crippen LogP contribution >= 0.6 is 15.9 Å². The van der Waals surface area contributed by atoms with Gasteiger partial charge in [-0.1, -0.05) is 46.3 Å². The number of hydrogen-bond acceptors (Lipinski definition) is 5. The average molecular weight is 509 g/mol. The zero-order chi connectivity index (χ0) is 23.5. The number of aryl methyl sites for hydroxylation is 1. The van der Waals surface area contributed by atoms with E-state index in [9.17, 15) is 9.59 Å². The van der Waals surface area contributed by atoms with Gasteiger partial charge in [0.2, 0.25) is 0 Å². The molecular formula is C25H25BrN4O3. The Labute approximate surface area is 201 Å². The Bertz CT molecular complexity index is 1180. The fourth-order valence-electron chi connectivity index (χ4n) is 3.61. The van der Waals surface area contributed by atoms with Gasteiger partial charge in [-0.2, -0.15) is 0 Å². The third-order valence-corrected chi connectivity index (χ3v) is 5.90. The molecule has 1 unspecified atom stereocenters. The molecule has 3 aromatic carbocycles. The first-order valence-corrected chi connectivity index (χ1v) is 11.3. The second-order valence-corrected chi connectivity index (χ2v) is 8.90. The minimum Gasteiger partial charge on any atom is -0.483 e. The predicted octanol–water partition coefficient (Wildman–Crippen LogP) is 4.50. The highest BCUT2D eigenvalue weighted by atomic mass is 79.9. The van der Waals surface area contributed by atoms with Crippen LogP contribution in [-0.2, 0) is 4.79 Å². The first kappa shape index (κ1) is 22.7. The normalized spacial score (nSPS) is 14.8. The van der Waals surface area contributed by atoms with Crippen molar-refractivity contribution in [3.63, 3.8) is 0 Å². The molecule has 170 valence electrons. The predicted molar refractivity (Wildman–Crippen MR) is 132 cm³/mol. The van der Waals surface area contributed by atoms with Gasteiger partial charge in [-0.25, -0.2) is 5.01 Å². The van der Waals surface area contributed by atoms with Crippen molar-refractivity contribution < 1.29 is 14.3 Å². The Balaban J connectivity index is 1.59. The molecular weight excluding hydrogens is 484 g/mol. The molecule has 0 saturated carbocycles. The van der Waals surface area contributed by atoms with Gasteiger partial charge >= 0.3 is 0 Å². The van der Waals surface area contributed by atoms with Gasteiger partial charge in [-0.15, -0.1) is 0 Å². The fourth-order valence-corrected chi connectivity index (χ4v) is 3.97. The van der Waals surface area contributed by atoms with E-state index < -0.39 is 12.1 Å². The minimum atomic E-state index is -0.579. The van der Waals surface area contributed by atoms with E-state index in [0.29, 0.717) is 17.0 Å². The first-order chi connectivity index (χ1) is 15.8. The van der Waals surface area contributed by atoms with E-state index in [-0.39, 0.29) is 12.5 Å². The summed E-state index contributed by atoms with van der Waals surface area (Å²) in [7, 11) is 3.93. The summed E-state index contributed by atoms with van der Waals surface area (Å²) in [6.45, 7) is 1.69. The van der Waals surface area contributed by atoms with E-state index >= 15 is 0 Å². The number of para-hydroxylation sites is 1. The van der Waals surface area contributed by atoms with Gasteiger partial charge in [-0.3, -0.25) is 15.0 Å². The van der Waals surface area contributed by atoms with Crippen LogP contribution in [0.15, 0.2) is 71.2 Å². The number of benzene rings is 3. The number of fused-ring (bicyclic) bond motifs is 1. The lowest BCUT2D eigenvalue weighted by Crippen LogP contribution is -2.53. The summed E-state index contributed by atoms with van der Waals surface area (Å²) in [6, 6.07) is 20.7. The largest absolute Gasteiger partial charge is 0.483 e. The molecule has 1 aliphatic heterocycles. The van der Waals surface area contributed by atoms with Crippen LogP contribution < -0.4 is 20.4 Å². The van der Waals surface area contributed by atoms with Crippen molar-refractivity contribution in [2.75, 3.05) is 30.9 Å². The topological polar surface area (TPSA) is 73.9 Å². The van der Waals surface area contributed by atoms with E-state index in [1.807, 2.05) is 80.5 Å². The lowest BCUT2D eigenvalue weighted by Gasteiger charge is -2.38. The molecule has 0 bridgehead atoms. The van der Waals surface area contributed by atoms with Crippen molar-refractivity contribution in [1.29, 1.82) is 0 Å². The van der Waals surface area contributed by atoms with Gasteiger partial charge < -0.3 is 15.0 Å². The van der Waals surface area contributed by atoms with Crippen molar-refractivity contribution in [3.8, 4) is 5.75 Å². The zero-order valence-corrected chi connectivity index (χ0v) is 20.2. The Morgan fingerprint density at radius 2 is 1.85 bits per heavy atom. The van der Waals surface area contributed by atoms with Gasteiger partial charge in [0.05, 0.1) is 5.56 Å². The molecule has 0 spiro atoms. The van der Waals surface area contributed by atoms with E-state index in [1.54, 1.807) is 12.1 Å². The quantitative estimate of drug-likeness (QED) is 0.512. The third-order valence-electron chi connectivity index (χ3n) is 5.40. The number of rotatable bonds is 6. The van der Waals surface area contributed by atoms with Crippen molar-refractivity contribution in [3.05, 3.63) is 87.9 Å². The Hall–Kier alpha value is -3.52. The molecule has 1 aliphatic rings. The highest BCUT2D eigenvalue weighted by molar-refractivity contribution is 9.10. The minimum absolute atomic E-state index is 0.216. The van der Waals surface area contributed by atoms with Gasteiger partial charge in [-0.05, 0) is 54.4 Å². The summed E-state index contributed by atoms with van der Waals surface area (Å²) in [4.78, 5) is 28.2. The molecule has 0 radical (unpaired) electrons. The molecule has 8 heteroatoms. The number of carbonyl (C=O) groups is 2. The summed E-state index contributed by atoms with van der Waals surface area (Å²) in [5.41, 5.74) is 6.70. The highest BCUT2D eigenvalue weighted by Gasteiger charge is 2.34. The van der Waals surface area contributed by atoms with Crippen molar-refractivity contribution in [1.82, 2.24) is 10.4 Å². The first-order valence-electron chi connectivity index (χ1n) is 10.5. The zero-order valence-electron chi connectivity index (χ0n) is 18.6. The maximum absolute atomic E-state index is 13.4. The SMILES string of the molecule is Cc1ccccc1OCC(=O)NN1C(=O)c2cc(Br)ccc2NC1c1ccc(N(C)C)cc1. The molecule has 33 heavy (non-hydrogen) atoms. The molecule has 0 fully saturated rings. The van der Waals surface area contributed by atoms with Crippen LogP contribution in [0.1, 0.15) is 27.7 Å². The number of hydrogen-bond donors (Lipinski definition) is 2. The third kappa shape index (κ3) is 4.96. The summed E-state index contributed by atoms with van der Waals surface area (Å²) >= 11 is 3.42. The molecule has 1 heterocycles. The Kier molecular flexibility index (Phi) is 6.55. The van der Waals surface area contributed by atoms with Crippen LogP contribution in [-0.4, -0.2) is 37.5 Å². The van der Waals surface area contributed by atoms with Crippen LogP contribution in [0.25, 0.3) is 0 Å². The van der Waals surface area contributed by atoms with Gasteiger partial charge in [0.25, 0.3) is 11.8 Å². The number of carbonyl (C=O) groups excluding carboxylic acids is 2. The molecule has 0 saturated heterocycles. The average Bonchev–Trinajstić information content (AvgIpc) is 2.80. The molecule has 2 N–H and O–H groups in total. The number of halogens is 1. The van der Waals surface area contributed by atoms with E-state index in [2.05, 4.69) is 26.7 Å². The number of nitrogens with zero attached hydrogens (tertiary/aromatic N) is 2. The standard InChI is InChI=1S/C25H25BrN4O3/c1-16-6-4-5-7-22(16)33-15-23(31)28-30-24(17-8-11-19(12-9-17)29(2)3)27-21-13-10-18(26)14-20(21)25(30)32/h4-14,24,27H,15H2,1-3H3,(H,28,31). The number of ether oxygens (including phenoxy) is 1. The number of hydrazine groups is 1. The second kappa shape index (κ2) is 9.54. The van der Waals surface area contributed by atoms with Gasteiger partial charge in [0.15, 0.2) is 6.61 Å². The molecule has 2 amide bonds. The van der Waals surface area contributed by atoms with Crippen molar-refractivity contribution >= 4 is 39.1 Å². The maximum Gasteiger partial charge on any atom is 0.276 e. The summed E-state index contributed by atoms with van der Waals surface area (Å²) in [5, 5.41) is 4.70. The molecule has 0 aromatic heterocycles. The summed E-state index contributed by atoms with van der Waals surface area (Å²) < 4.78 is 6.44. The lowest BCUT2D eigenvalue weighted by molar-refractivity contribution is -0.127. The highest BCUT2D eigenvalue weighted by Crippen LogP contribution is 2.34. The van der Waals surface area contributed by atoms with Crippen LogP contribution in [0.4, 0.5) is 11.4 Å².